The summed E-state index contributed by atoms with van der Waals surface area (Å²) in [6, 6.07) is 15.1. The van der Waals surface area contributed by atoms with Crippen LogP contribution in [0.5, 0.6) is 5.75 Å². The molecule has 190 valence electrons. The van der Waals surface area contributed by atoms with Gasteiger partial charge in [0.25, 0.3) is 5.91 Å². The van der Waals surface area contributed by atoms with E-state index in [1.165, 1.54) is 30.2 Å². The first-order chi connectivity index (χ1) is 17.9. The van der Waals surface area contributed by atoms with Crippen LogP contribution in [-0.4, -0.2) is 40.2 Å². The SMILES string of the molecule is CC(=O)N1CCc2ccc(OCc3nc(C(=O)N(C)Cc4ccco4)co3)cc2C1c1cccc(F)c1. The molecule has 2 aromatic carbocycles. The number of fused-ring (bicyclic) bond motifs is 1. The maximum atomic E-state index is 14.0. The third-order valence-electron chi connectivity index (χ3n) is 6.37. The van der Waals surface area contributed by atoms with E-state index in [1.54, 1.807) is 36.4 Å². The molecule has 1 unspecified atom stereocenters. The summed E-state index contributed by atoms with van der Waals surface area (Å²) < 4.78 is 30.7. The minimum absolute atomic E-state index is 0.00895. The molecule has 2 amide bonds. The Bertz CT molecular complexity index is 1410. The van der Waals surface area contributed by atoms with E-state index in [2.05, 4.69) is 4.98 Å². The predicted molar refractivity (Wildman–Crippen MR) is 131 cm³/mol. The normalized spacial score (nSPS) is 14.8. The third-order valence-corrected chi connectivity index (χ3v) is 6.37. The van der Waals surface area contributed by atoms with Crippen LogP contribution in [0, 0.1) is 5.82 Å². The fourth-order valence-corrected chi connectivity index (χ4v) is 4.58. The predicted octanol–water partition coefficient (Wildman–Crippen LogP) is 4.75. The summed E-state index contributed by atoms with van der Waals surface area (Å²) in [6.07, 6.45) is 3.55. The number of carbonyl (C=O) groups excluding carboxylic acids is 2. The van der Waals surface area contributed by atoms with Gasteiger partial charge in [-0.3, -0.25) is 9.59 Å². The Kier molecular flexibility index (Phi) is 6.76. The van der Waals surface area contributed by atoms with Crippen LogP contribution in [0.4, 0.5) is 4.39 Å². The van der Waals surface area contributed by atoms with Gasteiger partial charge in [0.2, 0.25) is 11.8 Å². The van der Waals surface area contributed by atoms with Crippen LogP contribution in [0.15, 0.2) is 76.0 Å². The summed E-state index contributed by atoms with van der Waals surface area (Å²) >= 11 is 0. The number of rotatable bonds is 7. The van der Waals surface area contributed by atoms with Crippen LogP contribution in [0.1, 0.15) is 51.8 Å². The van der Waals surface area contributed by atoms with Crippen molar-refractivity contribution < 1.29 is 27.6 Å². The second kappa shape index (κ2) is 10.3. The number of halogens is 1. The smallest absolute Gasteiger partial charge is 0.275 e. The number of aromatic nitrogens is 1. The lowest BCUT2D eigenvalue weighted by atomic mass is 9.88. The van der Waals surface area contributed by atoms with Gasteiger partial charge in [-0.25, -0.2) is 9.37 Å². The third kappa shape index (κ3) is 5.25. The van der Waals surface area contributed by atoms with Gasteiger partial charge in [-0.2, -0.15) is 0 Å². The fourth-order valence-electron chi connectivity index (χ4n) is 4.58. The standard InChI is InChI=1S/C28H26FN3O5/c1-18(33)32-11-10-19-8-9-22(14-24(19)27(32)20-5-3-6-21(29)13-20)36-17-26-30-25(16-37-26)28(34)31(2)15-23-7-4-12-35-23/h3-9,12-14,16,27H,10-11,15,17H2,1-2H3. The summed E-state index contributed by atoms with van der Waals surface area (Å²) in [4.78, 5) is 32.6. The average Bonchev–Trinajstić information content (AvgIpc) is 3.58. The van der Waals surface area contributed by atoms with Gasteiger partial charge in [-0.1, -0.05) is 18.2 Å². The molecule has 8 nitrogen and oxygen atoms in total. The minimum atomic E-state index is -0.420. The molecule has 4 aromatic rings. The van der Waals surface area contributed by atoms with E-state index in [0.29, 0.717) is 36.6 Å². The molecule has 0 aliphatic carbocycles. The van der Waals surface area contributed by atoms with Gasteiger partial charge in [0.05, 0.1) is 18.8 Å². The number of nitrogens with zero attached hydrogens (tertiary/aromatic N) is 3. The van der Waals surface area contributed by atoms with Crippen LogP contribution < -0.4 is 4.74 Å². The molecule has 9 heteroatoms. The van der Waals surface area contributed by atoms with E-state index in [1.807, 2.05) is 24.3 Å². The Hall–Kier alpha value is -4.40. The van der Waals surface area contributed by atoms with E-state index in [0.717, 1.165) is 11.1 Å². The van der Waals surface area contributed by atoms with Crippen LogP contribution in [0.2, 0.25) is 0 Å². The molecule has 1 atom stereocenters. The molecule has 1 aliphatic rings. The molecule has 0 bridgehead atoms. The van der Waals surface area contributed by atoms with Crippen LogP contribution in [0.3, 0.4) is 0 Å². The summed E-state index contributed by atoms with van der Waals surface area (Å²) in [5.41, 5.74) is 2.82. The molecule has 0 saturated heterocycles. The highest BCUT2D eigenvalue weighted by atomic mass is 19.1. The highest BCUT2D eigenvalue weighted by Gasteiger charge is 2.31. The molecule has 2 aromatic heterocycles. The number of benzene rings is 2. The van der Waals surface area contributed by atoms with Gasteiger partial charge >= 0.3 is 0 Å². The fraction of sp³-hybridized carbons (Fsp3) is 0.250. The first-order valence-corrected chi connectivity index (χ1v) is 11.9. The van der Waals surface area contributed by atoms with E-state index in [9.17, 15) is 14.0 Å². The summed E-state index contributed by atoms with van der Waals surface area (Å²) in [5.74, 6) is 0.716. The van der Waals surface area contributed by atoms with Gasteiger partial charge in [0.1, 0.15) is 23.6 Å². The van der Waals surface area contributed by atoms with Crippen molar-refractivity contribution in [2.75, 3.05) is 13.6 Å². The highest BCUT2D eigenvalue weighted by Crippen LogP contribution is 2.37. The molecule has 1 aliphatic heterocycles. The Balaban J connectivity index is 1.31. The second-order valence-corrected chi connectivity index (χ2v) is 8.94. The molecule has 0 N–H and O–H groups in total. The van der Waals surface area contributed by atoms with Crippen molar-refractivity contribution in [3.8, 4) is 5.75 Å². The lowest BCUT2D eigenvalue weighted by Crippen LogP contribution is -2.39. The maximum absolute atomic E-state index is 14.0. The van der Waals surface area contributed by atoms with Gasteiger partial charge < -0.3 is 23.4 Å². The zero-order chi connectivity index (χ0) is 25.9. The van der Waals surface area contributed by atoms with E-state index in [4.69, 9.17) is 13.6 Å². The van der Waals surface area contributed by atoms with E-state index < -0.39 is 6.04 Å². The monoisotopic (exact) mass is 503 g/mol. The maximum Gasteiger partial charge on any atom is 0.275 e. The van der Waals surface area contributed by atoms with Crippen molar-refractivity contribution in [3.63, 3.8) is 0 Å². The molecule has 0 spiro atoms. The van der Waals surface area contributed by atoms with Crippen molar-refractivity contribution in [3.05, 3.63) is 107 Å². The lowest BCUT2D eigenvalue weighted by molar-refractivity contribution is -0.130. The Morgan fingerprint density at radius 1 is 1.16 bits per heavy atom. The van der Waals surface area contributed by atoms with Gasteiger partial charge in [0, 0.05) is 20.5 Å². The summed E-state index contributed by atoms with van der Waals surface area (Å²) in [5, 5.41) is 0. The van der Waals surface area contributed by atoms with Gasteiger partial charge in [-0.15, -0.1) is 0 Å². The number of amides is 2. The van der Waals surface area contributed by atoms with Gasteiger partial charge in [0.15, 0.2) is 12.3 Å². The Morgan fingerprint density at radius 3 is 2.78 bits per heavy atom. The number of carbonyl (C=O) groups is 2. The van der Waals surface area contributed by atoms with Crippen molar-refractivity contribution in [1.82, 2.24) is 14.8 Å². The zero-order valence-electron chi connectivity index (χ0n) is 20.5. The van der Waals surface area contributed by atoms with Crippen LogP contribution in [0.25, 0.3) is 0 Å². The van der Waals surface area contributed by atoms with Crippen LogP contribution in [-0.2, 0) is 24.4 Å². The van der Waals surface area contributed by atoms with Crippen LogP contribution >= 0.6 is 0 Å². The zero-order valence-corrected chi connectivity index (χ0v) is 20.5. The summed E-state index contributed by atoms with van der Waals surface area (Å²) in [7, 11) is 1.65. The Morgan fingerprint density at radius 2 is 2.03 bits per heavy atom. The Labute approximate surface area is 213 Å². The minimum Gasteiger partial charge on any atom is -0.484 e. The highest BCUT2D eigenvalue weighted by molar-refractivity contribution is 5.91. The number of hydrogen-bond donors (Lipinski definition) is 0. The quantitative estimate of drug-likeness (QED) is 0.362. The number of oxazole rings is 1. The molecule has 0 saturated carbocycles. The van der Waals surface area contributed by atoms with Crippen molar-refractivity contribution in [2.24, 2.45) is 0 Å². The number of ether oxygens (including phenoxy) is 1. The first kappa shape index (κ1) is 24.3. The number of furan rings is 1. The molecule has 3 heterocycles. The van der Waals surface area contributed by atoms with Crippen molar-refractivity contribution >= 4 is 11.8 Å². The van der Waals surface area contributed by atoms with E-state index >= 15 is 0 Å². The van der Waals surface area contributed by atoms with E-state index in [-0.39, 0.29) is 35.8 Å². The first-order valence-electron chi connectivity index (χ1n) is 11.9. The summed E-state index contributed by atoms with van der Waals surface area (Å²) in [6.45, 7) is 2.38. The topological polar surface area (TPSA) is 89.0 Å². The van der Waals surface area contributed by atoms with Crippen molar-refractivity contribution in [1.29, 1.82) is 0 Å². The van der Waals surface area contributed by atoms with Crippen molar-refractivity contribution in [2.45, 2.75) is 32.5 Å². The van der Waals surface area contributed by atoms with Gasteiger partial charge in [-0.05, 0) is 59.5 Å². The molecule has 0 fully saturated rings. The molecule has 5 rings (SSSR count). The lowest BCUT2D eigenvalue weighted by Gasteiger charge is -2.37. The average molecular weight is 504 g/mol. The molecule has 0 radical (unpaired) electrons. The number of hydrogen-bond acceptors (Lipinski definition) is 6. The largest absolute Gasteiger partial charge is 0.484 e. The molecule has 37 heavy (non-hydrogen) atoms. The second-order valence-electron chi connectivity index (χ2n) is 8.94. The molecular formula is C28H26FN3O5. The molecular weight excluding hydrogens is 477 g/mol.